The van der Waals surface area contributed by atoms with Crippen molar-refractivity contribution < 1.29 is 9.90 Å². The number of amides is 1. The van der Waals surface area contributed by atoms with Crippen LogP contribution in [0.2, 0.25) is 5.02 Å². The lowest BCUT2D eigenvalue weighted by Gasteiger charge is -2.24. The standard InChI is InChI=1S/C13H16ClNO2/c1-2-10-4-3-7-15(10)13(17)11-8-9(14)5-6-12(11)16/h5-6,8,10,16H,2-4,7H2,1H3. The van der Waals surface area contributed by atoms with Crippen molar-refractivity contribution in [2.24, 2.45) is 0 Å². The first-order valence-corrected chi connectivity index (χ1v) is 6.30. The van der Waals surface area contributed by atoms with E-state index in [1.807, 2.05) is 4.90 Å². The Balaban J connectivity index is 2.27. The molecule has 0 aliphatic carbocycles. The molecule has 0 radical (unpaired) electrons. The molecule has 2 rings (SSSR count). The third kappa shape index (κ3) is 2.39. The summed E-state index contributed by atoms with van der Waals surface area (Å²) in [6.45, 7) is 2.84. The second-order valence-corrected chi connectivity index (χ2v) is 4.80. The number of aromatic hydroxyl groups is 1. The number of nitrogens with zero attached hydrogens (tertiary/aromatic N) is 1. The summed E-state index contributed by atoms with van der Waals surface area (Å²) < 4.78 is 0. The first-order chi connectivity index (χ1) is 8.13. The molecule has 1 fully saturated rings. The maximum Gasteiger partial charge on any atom is 0.257 e. The molecule has 17 heavy (non-hydrogen) atoms. The lowest BCUT2D eigenvalue weighted by molar-refractivity contribution is 0.0730. The molecule has 1 amide bonds. The summed E-state index contributed by atoms with van der Waals surface area (Å²) in [5, 5.41) is 10.2. The number of phenolic OH excluding ortho intramolecular Hbond substituents is 1. The number of rotatable bonds is 2. The van der Waals surface area contributed by atoms with E-state index >= 15 is 0 Å². The summed E-state index contributed by atoms with van der Waals surface area (Å²) >= 11 is 5.86. The average Bonchev–Trinajstić information content (AvgIpc) is 2.79. The van der Waals surface area contributed by atoms with Gasteiger partial charge in [0, 0.05) is 17.6 Å². The molecule has 0 aromatic heterocycles. The molecule has 1 N–H and O–H groups in total. The topological polar surface area (TPSA) is 40.5 Å². The summed E-state index contributed by atoms with van der Waals surface area (Å²) in [6, 6.07) is 4.87. The van der Waals surface area contributed by atoms with E-state index in [9.17, 15) is 9.90 Å². The summed E-state index contributed by atoms with van der Waals surface area (Å²) in [6.07, 6.45) is 3.03. The maximum absolute atomic E-state index is 12.3. The molecule has 1 unspecified atom stereocenters. The van der Waals surface area contributed by atoms with E-state index < -0.39 is 0 Å². The molecule has 1 aliphatic heterocycles. The smallest absolute Gasteiger partial charge is 0.257 e. The van der Waals surface area contributed by atoms with Crippen molar-refractivity contribution in [3.05, 3.63) is 28.8 Å². The van der Waals surface area contributed by atoms with Crippen molar-refractivity contribution in [3.8, 4) is 5.75 Å². The predicted molar refractivity (Wildman–Crippen MR) is 67.5 cm³/mol. The molecule has 1 aromatic carbocycles. The summed E-state index contributed by atoms with van der Waals surface area (Å²) in [5.74, 6) is -0.115. The maximum atomic E-state index is 12.3. The van der Waals surface area contributed by atoms with Crippen LogP contribution in [0.5, 0.6) is 5.75 Å². The Labute approximate surface area is 106 Å². The van der Waals surface area contributed by atoms with Crippen LogP contribution >= 0.6 is 11.6 Å². The van der Waals surface area contributed by atoms with Crippen LogP contribution in [0.1, 0.15) is 36.5 Å². The van der Waals surface area contributed by atoms with Crippen LogP contribution in [0, 0.1) is 0 Å². The molecule has 1 aliphatic rings. The highest BCUT2D eigenvalue weighted by Gasteiger charge is 2.29. The van der Waals surface area contributed by atoms with Gasteiger partial charge in [0.05, 0.1) is 5.56 Å². The molecule has 1 atom stereocenters. The molecule has 0 bridgehead atoms. The van der Waals surface area contributed by atoms with E-state index in [4.69, 9.17) is 11.6 Å². The molecular weight excluding hydrogens is 238 g/mol. The number of likely N-dealkylation sites (tertiary alicyclic amines) is 1. The van der Waals surface area contributed by atoms with E-state index in [2.05, 4.69) is 6.92 Å². The zero-order chi connectivity index (χ0) is 12.4. The summed E-state index contributed by atoms with van der Waals surface area (Å²) in [5.41, 5.74) is 0.304. The number of benzene rings is 1. The van der Waals surface area contributed by atoms with E-state index in [0.717, 1.165) is 25.8 Å². The zero-order valence-corrected chi connectivity index (χ0v) is 10.6. The Morgan fingerprint density at radius 1 is 1.59 bits per heavy atom. The Hall–Kier alpha value is -1.22. The summed E-state index contributed by atoms with van der Waals surface area (Å²) in [7, 11) is 0. The Bertz CT molecular complexity index is 433. The highest BCUT2D eigenvalue weighted by atomic mass is 35.5. The molecule has 1 aromatic rings. The van der Waals surface area contributed by atoms with Crippen LogP contribution in [-0.2, 0) is 0 Å². The SMILES string of the molecule is CCC1CCCN1C(=O)c1cc(Cl)ccc1O. The van der Waals surface area contributed by atoms with E-state index in [0.29, 0.717) is 16.6 Å². The number of carbonyl (C=O) groups is 1. The van der Waals surface area contributed by atoms with Crippen LogP contribution in [0.4, 0.5) is 0 Å². The van der Waals surface area contributed by atoms with Gasteiger partial charge in [0.2, 0.25) is 0 Å². The minimum Gasteiger partial charge on any atom is -0.507 e. The highest BCUT2D eigenvalue weighted by molar-refractivity contribution is 6.31. The molecule has 1 heterocycles. The zero-order valence-electron chi connectivity index (χ0n) is 9.82. The van der Waals surface area contributed by atoms with Gasteiger partial charge < -0.3 is 10.0 Å². The number of hydrogen-bond acceptors (Lipinski definition) is 2. The van der Waals surface area contributed by atoms with Gasteiger partial charge in [-0.05, 0) is 37.5 Å². The molecule has 0 saturated carbocycles. The first kappa shape index (κ1) is 12.2. The fraction of sp³-hybridized carbons (Fsp3) is 0.462. The fourth-order valence-electron chi connectivity index (χ4n) is 2.36. The van der Waals surface area contributed by atoms with Crippen molar-refractivity contribution in [3.63, 3.8) is 0 Å². The molecule has 1 saturated heterocycles. The van der Waals surface area contributed by atoms with Gasteiger partial charge in [-0.25, -0.2) is 0 Å². The van der Waals surface area contributed by atoms with Gasteiger partial charge in [-0.1, -0.05) is 18.5 Å². The predicted octanol–water partition coefficient (Wildman–Crippen LogP) is 3.06. The molecular formula is C13H16ClNO2. The van der Waals surface area contributed by atoms with Crippen molar-refractivity contribution >= 4 is 17.5 Å². The third-order valence-electron chi connectivity index (χ3n) is 3.30. The monoisotopic (exact) mass is 253 g/mol. The normalized spacial score (nSPS) is 19.6. The van der Waals surface area contributed by atoms with Crippen LogP contribution in [-0.4, -0.2) is 28.5 Å². The minimum atomic E-state index is -0.116. The molecule has 0 spiro atoms. The second-order valence-electron chi connectivity index (χ2n) is 4.36. The van der Waals surface area contributed by atoms with Crippen molar-refractivity contribution in [2.45, 2.75) is 32.2 Å². The number of halogens is 1. The highest BCUT2D eigenvalue weighted by Crippen LogP contribution is 2.27. The second kappa shape index (κ2) is 4.96. The molecule has 92 valence electrons. The van der Waals surface area contributed by atoms with Gasteiger partial charge in [-0.15, -0.1) is 0 Å². The Morgan fingerprint density at radius 2 is 2.35 bits per heavy atom. The van der Waals surface area contributed by atoms with Crippen LogP contribution < -0.4 is 0 Å². The van der Waals surface area contributed by atoms with E-state index in [-0.39, 0.29) is 11.7 Å². The van der Waals surface area contributed by atoms with Gasteiger partial charge in [-0.2, -0.15) is 0 Å². The first-order valence-electron chi connectivity index (χ1n) is 5.93. The molecule has 4 heteroatoms. The number of phenols is 1. The van der Waals surface area contributed by atoms with Gasteiger partial charge in [0.1, 0.15) is 5.75 Å². The van der Waals surface area contributed by atoms with Gasteiger partial charge in [0.25, 0.3) is 5.91 Å². The van der Waals surface area contributed by atoms with E-state index in [1.54, 1.807) is 6.07 Å². The largest absolute Gasteiger partial charge is 0.507 e. The molecule has 3 nitrogen and oxygen atoms in total. The van der Waals surface area contributed by atoms with Crippen LogP contribution in [0.25, 0.3) is 0 Å². The van der Waals surface area contributed by atoms with Gasteiger partial charge in [-0.3, -0.25) is 4.79 Å². The van der Waals surface area contributed by atoms with Gasteiger partial charge >= 0.3 is 0 Å². The Kier molecular flexibility index (Phi) is 3.57. The van der Waals surface area contributed by atoms with Crippen molar-refractivity contribution in [1.29, 1.82) is 0 Å². The number of carbonyl (C=O) groups excluding carboxylic acids is 1. The van der Waals surface area contributed by atoms with Crippen molar-refractivity contribution in [2.75, 3.05) is 6.54 Å². The lowest BCUT2D eigenvalue weighted by Crippen LogP contribution is -2.35. The average molecular weight is 254 g/mol. The summed E-state index contributed by atoms with van der Waals surface area (Å²) in [4.78, 5) is 14.1. The lowest BCUT2D eigenvalue weighted by atomic mass is 10.1. The quantitative estimate of drug-likeness (QED) is 0.880. The van der Waals surface area contributed by atoms with Crippen LogP contribution in [0.3, 0.4) is 0 Å². The fourth-order valence-corrected chi connectivity index (χ4v) is 2.53. The van der Waals surface area contributed by atoms with Gasteiger partial charge in [0.15, 0.2) is 0 Å². The Morgan fingerprint density at radius 3 is 3.06 bits per heavy atom. The number of hydrogen-bond donors (Lipinski definition) is 1. The van der Waals surface area contributed by atoms with E-state index in [1.165, 1.54) is 12.1 Å². The third-order valence-corrected chi connectivity index (χ3v) is 3.53. The minimum absolute atomic E-state index is 0.00107. The van der Waals surface area contributed by atoms with Crippen molar-refractivity contribution in [1.82, 2.24) is 4.90 Å². The van der Waals surface area contributed by atoms with Crippen LogP contribution in [0.15, 0.2) is 18.2 Å².